The molecular weight excluding hydrogens is 316 g/mol. The first-order valence-electron chi connectivity index (χ1n) is 6.72. The van der Waals surface area contributed by atoms with Gasteiger partial charge in [0.1, 0.15) is 12.4 Å². The Labute approximate surface area is 130 Å². The van der Waals surface area contributed by atoms with Crippen molar-refractivity contribution in [3.8, 4) is 0 Å². The summed E-state index contributed by atoms with van der Waals surface area (Å²) in [6.45, 7) is 1.58. The van der Waals surface area contributed by atoms with Crippen molar-refractivity contribution >= 4 is 11.8 Å². The van der Waals surface area contributed by atoms with E-state index in [1.807, 2.05) is 0 Å². The molecule has 4 nitrogen and oxygen atoms in total. The maximum absolute atomic E-state index is 12.7. The maximum atomic E-state index is 12.7. The van der Waals surface area contributed by atoms with Crippen LogP contribution in [0.4, 0.5) is 17.6 Å². The van der Waals surface area contributed by atoms with Crippen molar-refractivity contribution < 1.29 is 27.2 Å². The van der Waals surface area contributed by atoms with Crippen LogP contribution in [0.15, 0.2) is 36.9 Å². The number of rotatable bonds is 7. The number of hydrogen-bond donors (Lipinski definition) is 1. The zero-order chi connectivity index (χ0) is 17.5. The number of nitrogens with zero attached hydrogens (tertiary/aromatic N) is 1. The molecule has 0 fully saturated rings. The number of nitrogens with one attached hydrogen (secondary N) is 1. The van der Waals surface area contributed by atoms with Crippen molar-refractivity contribution in [1.29, 1.82) is 0 Å². The van der Waals surface area contributed by atoms with Gasteiger partial charge in [0.25, 0.3) is 5.91 Å². The highest BCUT2D eigenvalue weighted by molar-refractivity contribution is 5.94. The van der Waals surface area contributed by atoms with E-state index in [0.717, 1.165) is 12.1 Å². The van der Waals surface area contributed by atoms with Gasteiger partial charge in [0.15, 0.2) is 0 Å². The van der Waals surface area contributed by atoms with Crippen LogP contribution in [-0.2, 0) is 4.79 Å². The Morgan fingerprint density at radius 3 is 2.35 bits per heavy atom. The number of benzene rings is 1. The first-order chi connectivity index (χ1) is 10.7. The van der Waals surface area contributed by atoms with Crippen LogP contribution in [0, 0.1) is 5.82 Å². The normalized spacial score (nSPS) is 11.0. The summed E-state index contributed by atoms with van der Waals surface area (Å²) in [6, 6.07) is 4.74. The highest BCUT2D eigenvalue weighted by Crippen LogP contribution is 2.16. The average Bonchev–Trinajstić information content (AvgIpc) is 2.46. The van der Waals surface area contributed by atoms with E-state index in [4.69, 9.17) is 0 Å². The predicted molar refractivity (Wildman–Crippen MR) is 76.2 cm³/mol. The van der Waals surface area contributed by atoms with Crippen LogP contribution in [0.3, 0.4) is 0 Å². The lowest BCUT2D eigenvalue weighted by atomic mass is 10.2. The van der Waals surface area contributed by atoms with E-state index >= 15 is 0 Å². The van der Waals surface area contributed by atoms with Crippen LogP contribution < -0.4 is 5.32 Å². The zero-order valence-corrected chi connectivity index (χ0v) is 12.2. The van der Waals surface area contributed by atoms with Crippen molar-refractivity contribution in [3.05, 3.63) is 48.3 Å². The Morgan fingerprint density at radius 1 is 1.22 bits per heavy atom. The third kappa shape index (κ3) is 6.94. The van der Waals surface area contributed by atoms with Gasteiger partial charge in [0.05, 0.1) is 0 Å². The molecule has 1 aromatic rings. The van der Waals surface area contributed by atoms with Gasteiger partial charge in [-0.05, 0) is 24.3 Å². The molecule has 0 heterocycles. The molecule has 0 atom stereocenters. The smallest absolute Gasteiger partial charge is 0.352 e. The van der Waals surface area contributed by atoms with E-state index in [-0.39, 0.29) is 25.1 Å². The number of carbonyl (C=O) groups excluding carboxylic acids is 2. The molecular formula is C15H16F4N2O2. The van der Waals surface area contributed by atoms with Gasteiger partial charge in [0, 0.05) is 25.1 Å². The molecule has 0 aromatic heterocycles. The summed E-state index contributed by atoms with van der Waals surface area (Å²) in [6.07, 6.45) is -3.59. The Hall–Kier alpha value is -2.38. The molecule has 126 valence electrons. The second-order valence-electron chi connectivity index (χ2n) is 4.69. The van der Waals surface area contributed by atoms with Crippen LogP contribution in [0.5, 0.6) is 0 Å². The monoisotopic (exact) mass is 332 g/mol. The van der Waals surface area contributed by atoms with Crippen molar-refractivity contribution in [2.45, 2.75) is 12.6 Å². The first kappa shape index (κ1) is 18.7. The molecule has 0 bridgehead atoms. The SMILES string of the molecule is C=CCN(CC(F)(F)F)C(=O)CCNC(=O)c1ccc(F)cc1. The van der Waals surface area contributed by atoms with Gasteiger partial charge >= 0.3 is 6.18 Å². The molecule has 1 aromatic carbocycles. The van der Waals surface area contributed by atoms with Crippen LogP contribution in [0.25, 0.3) is 0 Å². The van der Waals surface area contributed by atoms with Crippen molar-refractivity contribution in [3.63, 3.8) is 0 Å². The molecule has 0 spiro atoms. The number of hydrogen-bond acceptors (Lipinski definition) is 2. The summed E-state index contributed by atoms with van der Waals surface area (Å²) in [5.41, 5.74) is 0.192. The fourth-order valence-corrected chi connectivity index (χ4v) is 1.77. The Kier molecular flexibility index (Phi) is 6.74. The lowest BCUT2D eigenvalue weighted by Crippen LogP contribution is -2.40. The van der Waals surface area contributed by atoms with Crippen molar-refractivity contribution in [2.24, 2.45) is 0 Å². The molecule has 1 N–H and O–H groups in total. The Bertz CT molecular complexity index is 556. The molecule has 8 heteroatoms. The van der Waals surface area contributed by atoms with Crippen molar-refractivity contribution in [2.75, 3.05) is 19.6 Å². The lowest BCUT2D eigenvalue weighted by Gasteiger charge is -2.22. The third-order valence-corrected chi connectivity index (χ3v) is 2.80. The van der Waals surface area contributed by atoms with E-state index in [1.54, 1.807) is 0 Å². The molecule has 0 aliphatic rings. The van der Waals surface area contributed by atoms with E-state index < -0.39 is 30.4 Å². The minimum atomic E-state index is -4.50. The van der Waals surface area contributed by atoms with Crippen LogP contribution in [-0.4, -0.2) is 42.5 Å². The summed E-state index contributed by atoms with van der Waals surface area (Å²) in [4.78, 5) is 24.1. The second-order valence-corrected chi connectivity index (χ2v) is 4.69. The van der Waals surface area contributed by atoms with Gasteiger partial charge in [-0.1, -0.05) is 6.08 Å². The molecule has 0 aliphatic heterocycles. The van der Waals surface area contributed by atoms with E-state index in [2.05, 4.69) is 11.9 Å². The zero-order valence-electron chi connectivity index (χ0n) is 12.2. The summed E-state index contributed by atoms with van der Waals surface area (Å²) < 4.78 is 49.8. The molecule has 0 saturated heterocycles. The number of alkyl halides is 3. The van der Waals surface area contributed by atoms with Crippen LogP contribution >= 0.6 is 0 Å². The fraction of sp³-hybridized carbons (Fsp3) is 0.333. The summed E-state index contributed by atoms with van der Waals surface area (Å²) in [7, 11) is 0. The van der Waals surface area contributed by atoms with E-state index in [9.17, 15) is 27.2 Å². The molecule has 0 unspecified atom stereocenters. The standard InChI is InChI=1S/C15H16F4N2O2/c1-2-9-21(10-15(17,18)19)13(22)7-8-20-14(23)11-3-5-12(16)6-4-11/h2-6H,1,7-10H2,(H,20,23). The van der Waals surface area contributed by atoms with Gasteiger partial charge in [-0.15, -0.1) is 6.58 Å². The predicted octanol–water partition coefficient (Wildman–Crippen LogP) is 2.52. The summed E-state index contributed by atoms with van der Waals surface area (Å²) >= 11 is 0. The summed E-state index contributed by atoms with van der Waals surface area (Å²) in [5.74, 6) is -1.78. The number of halogens is 4. The number of carbonyl (C=O) groups is 2. The van der Waals surface area contributed by atoms with E-state index in [1.165, 1.54) is 18.2 Å². The minimum Gasteiger partial charge on any atom is -0.352 e. The highest BCUT2D eigenvalue weighted by atomic mass is 19.4. The fourth-order valence-electron chi connectivity index (χ4n) is 1.77. The topological polar surface area (TPSA) is 49.4 Å². The molecule has 1 rings (SSSR count). The first-order valence-corrected chi connectivity index (χ1v) is 6.72. The van der Waals surface area contributed by atoms with Gasteiger partial charge in [-0.3, -0.25) is 9.59 Å². The van der Waals surface area contributed by atoms with Gasteiger partial charge in [-0.25, -0.2) is 4.39 Å². The molecule has 2 amide bonds. The number of amides is 2. The van der Waals surface area contributed by atoms with Crippen LogP contribution in [0.1, 0.15) is 16.8 Å². The van der Waals surface area contributed by atoms with Crippen LogP contribution in [0.2, 0.25) is 0 Å². The molecule has 0 saturated carbocycles. The second kappa shape index (κ2) is 8.30. The summed E-state index contributed by atoms with van der Waals surface area (Å²) in [5, 5.41) is 2.39. The van der Waals surface area contributed by atoms with Gasteiger partial charge < -0.3 is 10.2 Å². The molecule has 0 radical (unpaired) electrons. The molecule has 23 heavy (non-hydrogen) atoms. The van der Waals surface area contributed by atoms with Gasteiger partial charge in [-0.2, -0.15) is 13.2 Å². The Balaban J connectivity index is 2.49. The highest BCUT2D eigenvalue weighted by Gasteiger charge is 2.32. The Morgan fingerprint density at radius 2 is 1.83 bits per heavy atom. The molecule has 0 aliphatic carbocycles. The average molecular weight is 332 g/mol. The third-order valence-electron chi connectivity index (χ3n) is 2.80. The largest absolute Gasteiger partial charge is 0.406 e. The maximum Gasteiger partial charge on any atom is 0.406 e. The van der Waals surface area contributed by atoms with Gasteiger partial charge in [0.2, 0.25) is 5.91 Å². The van der Waals surface area contributed by atoms with Crippen molar-refractivity contribution in [1.82, 2.24) is 10.2 Å². The minimum absolute atomic E-state index is 0.124. The van der Waals surface area contributed by atoms with E-state index in [0.29, 0.717) is 4.90 Å². The quantitative estimate of drug-likeness (QED) is 0.616. The lowest BCUT2D eigenvalue weighted by molar-refractivity contribution is -0.160.